The molecule has 0 saturated carbocycles. The number of thioether (sulfide) groups is 1. The van der Waals surface area contributed by atoms with E-state index in [1.54, 1.807) is 0 Å². The maximum absolute atomic E-state index is 9.70. The predicted octanol–water partition coefficient (Wildman–Crippen LogP) is 3.63. The second kappa shape index (κ2) is 8.44. The third-order valence-corrected chi connectivity index (χ3v) is 3.78. The summed E-state index contributed by atoms with van der Waals surface area (Å²) in [6, 6.07) is 4.12. The zero-order chi connectivity index (χ0) is 13.4. The number of unbranched alkanes of at least 4 members (excludes halogenated alkanes) is 2. The van der Waals surface area contributed by atoms with E-state index in [4.69, 9.17) is 0 Å². The standard InChI is InChI=1S/C15H25NOS/c1-12-9-14(10-13(2)15(12)17)11-16-7-5-4-6-8-18-3/h9-10,16-17H,4-8,11H2,1-3H3. The lowest BCUT2D eigenvalue weighted by molar-refractivity contribution is 0.466. The largest absolute Gasteiger partial charge is 0.507 e. The van der Waals surface area contributed by atoms with Crippen molar-refractivity contribution in [1.29, 1.82) is 0 Å². The zero-order valence-corrected chi connectivity index (χ0v) is 12.6. The van der Waals surface area contributed by atoms with Crippen molar-refractivity contribution in [2.24, 2.45) is 0 Å². The Morgan fingerprint density at radius 3 is 2.39 bits per heavy atom. The Hall–Kier alpha value is -0.670. The van der Waals surface area contributed by atoms with Gasteiger partial charge in [-0.1, -0.05) is 18.6 Å². The molecule has 2 N–H and O–H groups in total. The minimum atomic E-state index is 0.427. The first-order valence-corrected chi connectivity index (χ1v) is 8.03. The lowest BCUT2D eigenvalue weighted by Crippen LogP contribution is -2.14. The van der Waals surface area contributed by atoms with Crippen LogP contribution >= 0.6 is 11.8 Å². The summed E-state index contributed by atoms with van der Waals surface area (Å²) >= 11 is 1.92. The third kappa shape index (κ3) is 5.32. The lowest BCUT2D eigenvalue weighted by atomic mass is 10.1. The van der Waals surface area contributed by atoms with Crippen LogP contribution in [0.3, 0.4) is 0 Å². The Morgan fingerprint density at radius 2 is 1.78 bits per heavy atom. The van der Waals surface area contributed by atoms with Crippen molar-refractivity contribution in [3.63, 3.8) is 0 Å². The van der Waals surface area contributed by atoms with Crippen LogP contribution in [0.1, 0.15) is 36.0 Å². The first kappa shape index (κ1) is 15.4. The van der Waals surface area contributed by atoms with E-state index in [0.717, 1.165) is 24.2 Å². The molecular formula is C15H25NOS. The molecule has 0 unspecified atom stereocenters. The summed E-state index contributed by atoms with van der Waals surface area (Å²) in [6.45, 7) is 5.88. The summed E-state index contributed by atoms with van der Waals surface area (Å²) in [5, 5.41) is 13.2. The van der Waals surface area contributed by atoms with Crippen LogP contribution in [0, 0.1) is 13.8 Å². The number of nitrogens with one attached hydrogen (secondary N) is 1. The number of benzene rings is 1. The maximum atomic E-state index is 9.70. The molecule has 0 aliphatic heterocycles. The minimum absolute atomic E-state index is 0.427. The average molecular weight is 267 g/mol. The summed E-state index contributed by atoms with van der Waals surface area (Å²) in [6.07, 6.45) is 6.03. The number of aromatic hydroxyl groups is 1. The van der Waals surface area contributed by atoms with E-state index in [9.17, 15) is 5.11 Å². The molecule has 0 aliphatic carbocycles. The van der Waals surface area contributed by atoms with Crippen LogP contribution in [0.2, 0.25) is 0 Å². The van der Waals surface area contributed by atoms with Gasteiger partial charge in [-0.15, -0.1) is 0 Å². The van der Waals surface area contributed by atoms with Crippen molar-refractivity contribution in [3.8, 4) is 5.75 Å². The SMILES string of the molecule is CSCCCCCNCc1cc(C)c(O)c(C)c1. The highest BCUT2D eigenvalue weighted by Gasteiger charge is 2.02. The number of rotatable bonds is 8. The van der Waals surface area contributed by atoms with Crippen LogP contribution in [0.25, 0.3) is 0 Å². The fourth-order valence-electron chi connectivity index (χ4n) is 2.05. The van der Waals surface area contributed by atoms with Crippen LogP contribution in [0.4, 0.5) is 0 Å². The fraction of sp³-hybridized carbons (Fsp3) is 0.600. The monoisotopic (exact) mass is 267 g/mol. The molecule has 18 heavy (non-hydrogen) atoms. The third-order valence-electron chi connectivity index (χ3n) is 3.08. The van der Waals surface area contributed by atoms with E-state index in [-0.39, 0.29) is 0 Å². The van der Waals surface area contributed by atoms with E-state index in [2.05, 4.69) is 23.7 Å². The summed E-state index contributed by atoms with van der Waals surface area (Å²) in [4.78, 5) is 0. The summed E-state index contributed by atoms with van der Waals surface area (Å²) in [5.74, 6) is 1.70. The molecule has 0 amide bonds. The maximum Gasteiger partial charge on any atom is 0.121 e. The molecule has 0 saturated heterocycles. The van der Waals surface area contributed by atoms with Crippen molar-refractivity contribution in [1.82, 2.24) is 5.32 Å². The minimum Gasteiger partial charge on any atom is -0.507 e. The first-order chi connectivity index (χ1) is 8.65. The molecule has 2 nitrogen and oxygen atoms in total. The topological polar surface area (TPSA) is 32.3 Å². The Bertz CT molecular complexity index is 343. The number of phenolic OH excluding ortho intramolecular Hbond substituents is 1. The van der Waals surface area contributed by atoms with E-state index in [1.807, 2.05) is 25.6 Å². The second-order valence-electron chi connectivity index (χ2n) is 4.81. The number of hydrogen-bond acceptors (Lipinski definition) is 3. The van der Waals surface area contributed by atoms with Crippen molar-refractivity contribution in [2.45, 2.75) is 39.7 Å². The average Bonchev–Trinajstić information content (AvgIpc) is 2.34. The molecule has 0 aliphatic rings. The quantitative estimate of drug-likeness (QED) is 0.705. The molecule has 0 fully saturated rings. The van der Waals surface area contributed by atoms with E-state index >= 15 is 0 Å². The highest BCUT2D eigenvalue weighted by molar-refractivity contribution is 7.98. The zero-order valence-electron chi connectivity index (χ0n) is 11.8. The number of aryl methyl sites for hydroxylation is 2. The van der Waals surface area contributed by atoms with Gasteiger partial charge < -0.3 is 10.4 Å². The van der Waals surface area contributed by atoms with Gasteiger partial charge in [-0.25, -0.2) is 0 Å². The molecule has 3 heteroatoms. The van der Waals surface area contributed by atoms with Gasteiger partial charge in [0, 0.05) is 6.54 Å². The van der Waals surface area contributed by atoms with Gasteiger partial charge in [-0.05, 0) is 61.9 Å². The summed E-state index contributed by atoms with van der Waals surface area (Å²) in [5.41, 5.74) is 3.19. The van der Waals surface area contributed by atoms with Crippen LogP contribution < -0.4 is 5.32 Å². The molecule has 0 bridgehead atoms. The van der Waals surface area contributed by atoms with Gasteiger partial charge in [0.15, 0.2) is 0 Å². The highest BCUT2D eigenvalue weighted by Crippen LogP contribution is 2.22. The van der Waals surface area contributed by atoms with E-state index in [0.29, 0.717) is 5.75 Å². The Balaban J connectivity index is 2.23. The highest BCUT2D eigenvalue weighted by atomic mass is 32.2. The molecule has 1 aromatic carbocycles. The van der Waals surface area contributed by atoms with Gasteiger partial charge in [-0.3, -0.25) is 0 Å². The van der Waals surface area contributed by atoms with Gasteiger partial charge in [0.2, 0.25) is 0 Å². The van der Waals surface area contributed by atoms with Crippen LogP contribution in [0.5, 0.6) is 5.75 Å². The van der Waals surface area contributed by atoms with Crippen molar-refractivity contribution < 1.29 is 5.11 Å². The molecular weight excluding hydrogens is 242 g/mol. The van der Waals surface area contributed by atoms with Gasteiger partial charge >= 0.3 is 0 Å². The van der Waals surface area contributed by atoms with Crippen molar-refractivity contribution in [2.75, 3.05) is 18.6 Å². The second-order valence-corrected chi connectivity index (χ2v) is 5.79. The molecule has 0 atom stereocenters. The first-order valence-electron chi connectivity index (χ1n) is 6.64. The molecule has 102 valence electrons. The fourth-order valence-corrected chi connectivity index (χ4v) is 2.55. The number of hydrogen-bond donors (Lipinski definition) is 2. The van der Waals surface area contributed by atoms with Crippen molar-refractivity contribution in [3.05, 3.63) is 28.8 Å². The molecule has 0 spiro atoms. The molecule has 0 heterocycles. The van der Waals surface area contributed by atoms with Gasteiger partial charge in [0.25, 0.3) is 0 Å². The molecule has 1 rings (SSSR count). The van der Waals surface area contributed by atoms with Gasteiger partial charge in [0.1, 0.15) is 5.75 Å². The van der Waals surface area contributed by atoms with E-state index < -0.39 is 0 Å². The molecule has 1 aromatic rings. The lowest BCUT2D eigenvalue weighted by Gasteiger charge is -2.09. The number of phenols is 1. The molecule has 0 radical (unpaired) electrons. The smallest absolute Gasteiger partial charge is 0.121 e. The van der Waals surface area contributed by atoms with Crippen molar-refractivity contribution >= 4 is 11.8 Å². The van der Waals surface area contributed by atoms with Crippen LogP contribution in [0.15, 0.2) is 12.1 Å². The predicted molar refractivity (Wildman–Crippen MR) is 81.5 cm³/mol. The van der Waals surface area contributed by atoms with Crippen LogP contribution in [-0.2, 0) is 6.54 Å². The Labute approximate surface area is 115 Å². The van der Waals surface area contributed by atoms with Crippen LogP contribution in [-0.4, -0.2) is 23.7 Å². The summed E-state index contributed by atoms with van der Waals surface area (Å²) in [7, 11) is 0. The normalized spacial score (nSPS) is 10.8. The van der Waals surface area contributed by atoms with E-state index in [1.165, 1.54) is 30.6 Å². The van der Waals surface area contributed by atoms with Gasteiger partial charge in [0.05, 0.1) is 0 Å². The Kier molecular flexibility index (Phi) is 7.21. The van der Waals surface area contributed by atoms with Gasteiger partial charge in [-0.2, -0.15) is 11.8 Å². The Morgan fingerprint density at radius 1 is 1.11 bits per heavy atom. The molecule has 0 aromatic heterocycles. The summed E-state index contributed by atoms with van der Waals surface area (Å²) < 4.78 is 0.